The molecule has 0 radical (unpaired) electrons. The third-order valence-corrected chi connectivity index (χ3v) is 4.31. The van der Waals surface area contributed by atoms with Crippen molar-refractivity contribution in [1.82, 2.24) is 0 Å². The molecule has 1 saturated heterocycles. The van der Waals surface area contributed by atoms with Gasteiger partial charge >= 0.3 is 11.9 Å². The van der Waals surface area contributed by atoms with Gasteiger partial charge in [-0.15, -0.1) is 0 Å². The molecule has 0 aromatic heterocycles. The molecule has 0 unspecified atom stereocenters. The Hall–Kier alpha value is -2.10. The second-order valence-electron chi connectivity index (χ2n) is 5.85. The predicted octanol–water partition coefficient (Wildman–Crippen LogP) is 3.49. The number of benzene rings is 1. The summed E-state index contributed by atoms with van der Waals surface area (Å²) in [6.45, 7) is 8.95. The molecule has 1 fully saturated rings. The average Bonchev–Trinajstić information content (AvgIpc) is 2.53. The fourth-order valence-electron chi connectivity index (χ4n) is 2.53. The molecule has 0 bridgehead atoms. The van der Waals surface area contributed by atoms with E-state index in [1.54, 1.807) is 13.0 Å². The zero-order valence-electron chi connectivity index (χ0n) is 13.3. The van der Waals surface area contributed by atoms with E-state index in [1.165, 1.54) is 0 Å². The van der Waals surface area contributed by atoms with E-state index in [1.807, 2.05) is 38.1 Å². The van der Waals surface area contributed by atoms with Crippen LogP contribution in [0.2, 0.25) is 0 Å². The molecule has 2 rings (SSSR count). The van der Waals surface area contributed by atoms with Gasteiger partial charge in [-0.1, -0.05) is 50.8 Å². The molecule has 1 aliphatic rings. The van der Waals surface area contributed by atoms with Crippen molar-refractivity contribution in [2.45, 2.75) is 45.8 Å². The molecule has 0 saturated carbocycles. The van der Waals surface area contributed by atoms with Crippen molar-refractivity contribution in [2.24, 2.45) is 5.41 Å². The zero-order chi connectivity index (χ0) is 16.4. The van der Waals surface area contributed by atoms with Crippen molar-refractivity contribution in [3.63, 3.8) is 0 Å². The Bertz CT molecular complexity index is 562. The first kappa shape index (κ1) is 16.3. The van der Waals surface area contributed by atoms with Gasteiger partial charge in [0.1, 0.15) is 0 Å². The number of carbonyl (C=O) groups excluding carboxylic acids is 2. The molecule has 0 atom stereocenters. The first-order chi connectivity index (χ1) is 10.4. The van der Waals surface area contributed by atoms with E-state index in [0.29, 0.717) is 12.8 Å². The van der Waals surface area contributed by atoms with Crippen LogP contribution in [0, 0.1) is 5.41 Å². The van der Waals surface area contributed by atoms with E-state index < -0.39 is 23.1 Å². The van der Waals surface area contributed by atoms with Crippen molar-refractivity contribution >= 4 is 18.0 Å². The molecular formula is C18H22O4. The number of cyclic esters (lactones) is 2. The molecule has 4 heteroatoms. The van der Waals surface area contributed by atoms with Gasteiger partial charge in [0.15, 0.2) is 5.41 Å². The van der Waals surface area contributed by atoms with Crippen LogP contribution < -0.4 is 0 Å². The summed E-state index contributed by atoms with van der Waals surface area (Å²) in [5.41, 5.74) is 0.560. The van der Waals surface area contributed by atoms with Crippen molar-refractivity contribution in [3.05, 3.63) is 42.0 Å². The molecule has 0 aliphatic carbocycles. The van der Waals surface area contributed by atoms with Crippen LogP contribution in [0.15, 0.2) is 30.8 Å². The minimum Gasteiger partial charge on any atom is -0.422 e. The first-order valence-electron chi connectivity index (χ1n) is 7.57. The van der Waals surface area contributed by atoms with E-state index >= 15 is 0 Å². The number of hydrogen-bond acceptors (Lipinski definition) is 4. The second-order valence-corrected chi connectivity index (χ2v) is 5.85. The van der Waals surface area contributed by atoms with Crippen LogP contribution in [0.3, 0.4) is 0 Å². The highest BCUT2D eigenvalue weighted by Gasteiger charge is 2.54. The Balaban J connectivity index is 2.23. The lowest BCUT2D eigenvalue weighted by atomic mass is 9.82. The second kappa shape index (κ2) is 5.95. The summed E-state index contributed by atoms with van der Waals surface area (Å²) in [6, 6.07) is 7.55. The molecule has 0 amide bonds. The highest BCUT2D eigenvalue weighted by atomic mass is 16.7. The van der Waals surface area contributed by atoms with E-state index in [9.17, 15) is 9.59 Å². The highest BCUT2D eigenvalue weighted by molar-refractivity contribution is 6.01. The molecule has 1 heterocycles. The van der Waals surface area contributed by atoms with E-state index in [2.05, 4.69) is 6.58 Å². The van der Waals surface area contributed by atoms with Crippen LogP contribution in [0.4, 0.5) is 0 Å². The predicted molar refractivity (Wildman–Crippen MR) is 83.8 cm³/mol. The van der Waals surface area contributed by atoms with Gasteiger partial charge in [0.05, 0.1) is 0 Å². The topological polar surface area (TPSA) is 52.6 Å². The molecule has 0 spiro atoms. The summed E-state index contributed by atoms with van der Waals surface area (Å²) in [7, 11) is 0. The normalized spacial score (nSPS) is 19.2. The summed E-state index contributed by atoms with van der Waals surface area (Å²) in [5, 5.41) is 0. The van der Waals surface area contributed by atoms with Crippen LogP contribution >= 0.6 is 0 Å². The average molecular weight is 302 g/mol. The zero-order valence-corrected chi connectivity index (χ0v) is 13.3. The number of ether oxygens (including phenoxy) is 2. The Morgan fingerprint density at radius 1 is 1.05 bits per heavy atom. The standard InChI is InChI=1S/C18H22O4/c1-5-13-8-10-14(11-9-13)12-17(4)15(19)21-18(6-2,7-3)22-16(17)20/h5,8-11H,1,6-7,12H2,2-4H3. The molecule has 1 aliphatic heterocycles. The Labute approximate surface area is 131 Å². The lowest BCUT2D eigenvalue weighted by Gasteiger charge is -2.41. The maximum Gasteiger partial charge on any atom is 0.326 e. The number of hydrogen-bond donors (Lipinski definition) is 0. The lowest BCUT2D eigenvalue weighted by molar-refractivity contribution is -0.263. The van der Waals surface area contributed by atoms with Crippen LogP contribution in [0.25, 0.3) is 6.08 Å². The molecular weight excluding hydrogens is 280 g/mol. The van der Waals surface area contributed by atoms with E-state index in [-0.39, 0.29) is 6.42 Å². The van der Waals surface area contributed by atoms with Gasteiger partial charge < -0.3 is 9.47 Å². The van der Waals surface area contributed by atoms with Gasteiger partial charge in [0, 0.05) is 12.8 Å². The van der Waals surface area contributed by atoms with Crippen molar-refractivity contribution in [3.8, 4) is 0 Å². The lowest BCUT2D eigenvalue weighted by Crippen LogP contribution is -2.55. The van der Waals surface area contributed by atoms with Crippen LogP contribution in [-0.4, -0.2) is 17.7 Å². The third kappa shape index (κ3) is 2.78. The molecule has 118 valence electrons. The SMILES string of the molecule is C=Cc1ccc(CC2(C)C(=O)OC(CC)(CC)OC2=O)cc1. The van der Waals surface area contributed by atoms with Gasteiger partial charge in [0.25, 0.3) is 5.79 Å². The van der Waals surface area contributed by atoms with Gasteiger partial charge in [-0.05, 0) is 24.5 Å². The van der Waals surface area contributed by atoms with Crippen molar-refractivity contribution < 1.29 is 19.1 Å². The summed E-state index contributed by atoms with van der Waals surface area (Å²) < 4.78 is 11.0. The van der Waals surface area contributed by atoms with E-state index in [0.717, 1.165) is 11.1 Å². The van der Waals surface area contributed by atoms with Gasteiger partial charge in [-0.3, -0.25) is 9.59 Å². The minimum atomic E-state index is -1.30. The van der Waals surface area contributed by atoms with Crippen LogP contribution in [0.5, 0.6) is 0 Å². The molecule has 22 heavy (non-hydrogen) atoms. The highest BCUT2D eigenvalue weighted by Crippen LogP contribution is 2.38. The summed E-state index contributed by atoms with van der Waals surface area (Å²) in [5.74, 6) is -2.14. The van der Waals surface area contributed by atoms with Crippen LogP contribution in [0.1, 0.15) is 44.7 Å². The Kier molecular flexibility index (Phi) is 4.40. The van der Waals surface area contributed by atoms with Crippen molar-refractivity contribution in [2.75, 3.05) is 0 Å². The maximum atomic E-state index is 12.4. The van der Waals surface area contributed by atoms with Gasteiger partial charge in [0.2, 0.25) is 0 Å². The monoisotopic (exact) mass is 302 g/mol. The molecule has 1 aromatic rings. The number of esters is 2. The third-order valence-electron chi connectivity index (χ3n) is 4.31. The van der Waals surface area contributed by atoms with Gasteiger partial charge in [-0.2, -0.15) is 0 Å². The smallest absolute Gasteiger partial charge is 0.326 e. The molecule has 0 N–H and O–H groups in total. The summed E-state index contributed by atoms with van der Waals surface area (Å²) >= 11 is 0. The quantitative estimate of drug-likeness (QED) is 0.617. The van der Waals surface area contributed by atoms with Crippen molar-refractivity contribution in [1.29, 1.82) is 0 Å². The Morgan fingerprint density at radius 3 is 1.95 bits per heavy atom. The molecule has 4 nitrogen and oxygen atoms in total. The fourth-order valence-corrected chi connectivity index (χ4v) is 2.53. The maximum absolute atomic E-state index is 12.4. The fraction of sp³-hybridized carbons (Fsp3) is 0.444. The van der Waals surface area contributed by atoms with Gasteiger partial charge in [-0.25, -0.2) is 0 Å². The minimum absolute atomic E-state index is 0.256. The number of rotatable bonds is 5. The van der Waals surface area contributed by atoms with Crippen LogP contribution in [-0.2, 0) is 25.5 Å². The largest absolute Gasteiger partial charge is 0.422 e. The summed E-state index contributed by atoms with van der Waals surface area (Å²) in [6.07, 6.45) is 2.90. The molecule has 1 aromatic carbocycles. The van der Waals surface area contributed by atoms with E-state index in [4.69, 9.17) is 9.47 Å². The number of carbonyl (C=O) groups is 2. The summed E-state index contributed by atoms with van der Waals surface area (Å²) in [4.78, 5) is 24.9. The Morgan fingerprint density at radius 2 is 1.55 bits per heavy atom. The first-order valence-corrected chi connectivity index (χ1v) is 7.57.